The van der Waals surface area contributed by atoms with Gasteiger partial charge < -0.3 is 10.6 Å². The summed E-state index contributed by atoms with van der Waals surface area (Å²) in [5, 5.41) is 6.23. The van der Waals surface area contributed by atoms with Gasteiger partial charge in [-0.2, -0.15) is 0 Å². The highest BCUT2D eigenvalue weighted by Crippen LogP contribution is 2.14. The van der Waals surface area contributed by atoms with Gasteiger partial charge in [-0.1, -0.05) is 26.0 Å². The zero-order chi connectivity index (χ0) is 14.4. The fourth-order valence-electron chi connectivity index (χ4n) is 2.59. The summed E-state index contributed by atoms with van der Waals surface area (Å²) in [5.74, 6) is 0.0856. The molecule has 2 rings (SSSR count). The smallest absolute Gasteiger partial charge is 0.241 e. The van der Waals surface area contributed by atoms with Gasteiger partial charge in [0.1, 0.15) is 0 Å². The molecule has 1 aliphatic heterocycles. The van der Waals surface area contributed by atoms with E-state index in [4.69, 9.17) is 0 Å². The summed E-state index contributed by atoms with van der Waals surface area (Å²) in [5.41, 5.74) is 2.14. The van der Waals surface area contributed by atoms with Gasteiger partial charge in [0.2, 0.25) is 5.91 Å². The summed E-state index contributed by atoms with van der Waals surface area (Å²) in [4.78, 5) is 14.4. The van der Waals surface area contributed by atoms with Crippen LogP contribution in [0.1, 0.15) is 32.3 Å². The quantitative estimate of drug-likeness (QED) is 0.849. The predicted octanol–water partition coefficient (Wildman–Crippen LogP) is 2.64. The maximum Gasteiger partial charge on any atom is 0.241 e. The average molecular weight is 312 g/mol. The minimum atomic E-state index is -0.0264. The van der Waals surface area contributed by atoms with Crippen molar-refractivity contribution in [3.05, 3.63) is 29.8 Å². The van der Waals surface area contributed by atoms with Crippen molar-refractivity contribution in [3.63, 3.8) is 0 Å². The number of carbonyl (C=O) groups excluding carboxylic acids is 1. The van der Waals surface area contributed by atoms with E-state index in [-0.39, 0.29) is 24.4 Å². The van der Waals surface area contributed by atoms with Gasteiger partial charge in [0.05, 0.1) is 6.04 Å². The summed E-state index contributed by atoms with van der Waals surface area (Å²) in [6, 6.07) is 8.13. The Hall–Kier alpha value is -1.10. The fourth-order valence-corrected chi connectivity index (χ4v) is 2.59. The van der Waals surface area contributed by atoms with E-state index in [0.29, 0.717) is 0 Å². The number of nitrogens with one attached hydrogen (secondary N) is 2. The summed E-state index contributed by atoms with van der Waals surface area (Å²) in [7, 11) is 0. The van der Waals surface area contributed by atoms with E-state index in [1.807, 2.05) is 12.1 Å². The average Bonchev–Trinajstić information content (AvgIpc) is 2.99. The third kappa shape index (κ3) is 5.30. The van der Waals surface area contributed by atoms with Crippen LogP contribution < -0.4 is 10.6 Å². The van der Waals surface area contributed by atoms with Crippen LogP contribution in [0, 0.1) is 0 Å². The second-order valence-corrected chi connectivity index (χ2v) is 5.30. The van der Waals surface area contributed by atoms with Crippen LogP contribution in [-0.4, -0.2) is 36.5 Å². The number of nitrogens with zero attached hydrogens (tertiary/aromatic N) is 1. The normalized spacial score (nSPS) is 17.6. The van der Waals surface area contributed by atoms with Gasteiger partial charge in [-0.05, 0) is 50.2 Å². The lowest BCUT2D eigenvalue weighted by Gasteiger charge is -2.18. The molecule has 1 atom stereocenters. The highest BCUT2D eigenvalue weighted by Gasteiger charge is 2.21. The van der Waals surface area contributed by atoms with Crippen molar-refractivity contribution in [3.8, 4) is 0 Å². The van der Waals surface area contributed by atoms with Crippen molar-refractivity contribution in [1.82, 2.24) is 10.2 Å². The number of hydrogen-bond acceptors (Lipinski definition) is 3. The molecule has 0 aromatic heterocycles. The minimum absolute atomic E-state index is 0. The zero-order valence-electron chi connectivity index (χ0n) is 12.9. The molecule has 118 valence electrons. The van der Waals surface area contributed by atoms with Gasteiger partial charge in [0.15, 0.2) is 0 Å². The molecule has 1 saturated heterocycles. The van der Waals surface area contributed by atoms with Crippen LogP contribution in [0.3, 0.4) is 0 Å². The molecule has 1 aromatic carbocycles. The molecule has 0 spiro atoms. The molecule has 21 heavy (non-hydrogen) atoms. The molecule has 1 unspecified atom stereocenters. The summed E-state index contributed by atoms with van der Waals surface area (Å²) in [6.45, 7) is 8.29. The second kappa shape index (κ2) is 9.03. The first-order valence-corrected chi connectivity index (χ1v) is 7.58. The Balaban J connectivity index is 0.00000220. The van der Waals surface area contributed by atoms with E-state index >= 15 is 0 Å². The molecule has 0 saturated carbocycles. The van der Waals surface area contributed by atoms with Crippen LogP contribution in [0.15, 0.2) is 24.3 Å². The van der Waals surface area contributed by atoms with Gasteiger partial charge in [-0.25, -0.2) is 0 Å². The van der Waals surface area contributed by atoms with Crippen LogP contribution in [0.2, 0.25) is 0 Å². The third-order valence-corrected chi connectivity index (χ3v) is 3.87. The van der Waals surface area contributed by atoms with Crippen LogP contribution in [-0.2, 0) is 11.3 Å². The van der Waals surface area contributed by atoms with Gasteiger partial charge in [-0.15, -0.1) is 12.4 Å². The Kier molecular flexibility index (Phi) is 7.72. The van der Waals surface area contributed by atoms with E-state index in [9.17, 15) is 4.79 Å². The Morgan fingerprint density at radius 1 is 1.38 bits per heavy atom. The molecular formula is C16H26ClN3O. The van der Waals surface area contributed by atoms with E-state index in [1.54, 1.807) is 0 Å². The first kappa shape index (κ1) is 18.0. The molecule has 2 N–H and O–H groups in total. The lowest BCUT2D eigenvalue weighted by Crippen LogP contribution is -2.35. The van der Waals surface area contributed by atoms with E-state index in [0.717, 1.165) is 44.7 Å². The predicted molar refractivity (Wildman–Crippen MR) is 90.0 cm³/mol. The van der Waals surface area contributed by atoms with E-state index in [1.165, 1.54) is 5.56 Å². The summed E-state index contributed by atoms with van der Waals surface area (Å²) >= 11 is 0. The number of benzene rings is 1. The molecular weight excluding hydrogens is 286 g/mol. The highest BCUT2D eigenvalue weighted by molar-refractivity contribution is 5.95. The molecule has 0 radical (unpaired) electrons. The number of anilines is 1. The number of carbonyl (C=O) groups is 1. The van der Waals surface area contributed by atoms with Gasteiger partial charge in [-0.3, -0.25) is 9.69 Å². The standard InChI is InChI=1S/C16H25N3O.ClH/c1-3-19(4-2)12-13-7-5-8-14(11-13)18-16(20)15-9-6-10-17-15;/h5,7-8,11,15,17H,3-4,6,9-10,12H2,1-2H3,(H,18,20);1H. The van der Waals surface area contributed by atoms with Crippen molar-refractivity contribution < 1.29 is 4.79 Å². The Bertz CT molecular complexity index is 443. The van der Waals surface area contributed by atoms with Crippen LogP contribution in [0.5, 0.6) is 0 Å². The van der Waals surface area contributed by atoms with Crippen molar-refractivity contribution in [2.75, 3.05) is 25.0 Å². The summed E-state index contributed by atoms with van der Waals surface area (Å²) < 4.78 is 0. The lowest BCUT2D eigenvalue weighted by atomic mass is 10.1. The third-order valence-electron chi connectivity index (χ3n) is 3.87. The number of rotatable bonds is 6. The maximum absolute atomic E-state index is 12.1. The molecule has 1 fully saturated rings. The van der Waals surface area contributed by atoms with Crippen molar-refractivity contribution in [2.24, 2.45) is 0 Å². The Morgan fingerprint density at radius 3 is 2.76 bits per heavy atom. The number of amides is 1. The fraction of sp³-hybridized carbons (Fsp3) is 0.562. The van der Waals surface area contributed by atoms with Gasteiger partial charge in [0, 0.05) is 12.2 Å². The first-order valence-electron chi connectivity index (χ1n) is 7.58. The zero-order valence-corrected chi connectivity index (χ0v) is 13.7. The van der Waals surface area contributed by atoms with Crippen molar-refractivity contribution >= 4 is 24.0 Å². The molecule has 4 nitrogen and oxygen atoms in total. The van der Waals surface area contributed by atoms with Crippen LogP contribution >= 0.6 is 12.4 Å². The number of halogens is 1. The van der Waals surface area contributed by atoms with Crippen molar-refractivity contribution in [2.45, 2.75) is 39.3 Å². The molecule has 1 amide bonds. The minimum Gasteiger partial charge on any atom is -0.325 e. The molecule has 0 bridgehead atoms. The molecule has 1 aromatic rings. The SMILES string of the molecule is CCN(CC)Cc1cccc(NC(=O)C2CCCN2)c1.Cl. The Labute approximate surface area is 133 Å². The maximum atomic E-state index is 12.1. The van der Waals surface area contributed by atoms with E-state index in [2.05, 4.69) is 41.5 Å². The Morgan fingerprint density at radius 2 is 2.14 bits per heavy atom. The van der Waals surface area contributed by atoms with Gasteiger partial charge in [0.25, 0.3) is 0 Å². The molecule has 5 heteroatoms. The van der Waals surface area contributed by atoms with Crippen molar-refractivity contribution in [1.29, 1.82) is 0 Å². The largest absolute Gasteiger partial charge is 0.325 e. The molecule has 1 heterocycles. The molecule has 1 aliphatic rings. The van der Waals surface area contributed by atoms with Crippen LogP contribution in [0.4, 0.5) is 5.69 Å². The molecule has 0 aliphatic carbocycles. The first-order chi connectivity index (χ1) is 9.72. The topological polar surface area (TPSA) is 44.4 Å². The lowest BCUT2D eigenvalue weighted by molar-refractivity contribution is -0.117. The van der Waals surface area contributed by atoms with Gasteiger partial charge >= 0.3 is 0 Å². The number of hydrogen-bond donors (Lipinski definition) is 2. The van der Waals surface area contributed by atoms with E-state index < -0.39 is 0 Å². The monoisotopic (exact) mass is 311 g/mol. The highest BCUT2D eigenvalue weighted by atomic mass is 35.5. The van der Waals surface area contributed by atoms with Crippen LogP contribution in [0.25, 0.3) is 0 Å². The second-order valence-electron chi connectivity index (χ2n) is 5.30. The summed E-state index contributed by atoms with van der Waals surface area (Å²) in [6.07, 6.45) is 2.02.